The Kier molecular flexibility index (Phi) is 3.62. The first-order chi connectivity index (χ1) is 8.09. The number of nitrogen functional groups attached to an aromatic ring is 1. The molecule has 0 radical (unpaired) electrons. The van der Waals surface area contributed by atoms with Crippen LogP contribution in [0.4, 0.5) is 11.5 Å². The number of nitrogens with two attached hydrogens (primary N) is 1. The van der Waals surface area contributed by atoms with Gasteiger partial charge in [0.1, 0.15) is 0 Å². The molecular formula is C9H7BrIN5O. The summed E-state index contributed by atoms with van der Waals surface area (Å²) in [6.45, 7) is 0. The maximum atomic E-state index is 12.0. The smallest absolute Gasteiger partial charge is 0.276 e. The molecule has 0 aliphatic rings. The number of pyridine rings is 1. The van der Waals surface area contributed by atoms with Crippen molar-refractivity contribution in [2.24, 2.45) is 0 Å². The minimum Gasteiger partial charge on any atom is -0.382 e. The number of rotatable bonds is 2. The van der Waals surface area contributed by atoms with Gasteiger partial charge in [-0.15, -0.1) is 0 Å². The second-order valence-electron chi connectivity index (χ2n) is 3.09. The number of anilines is 2. The quantitative estimate of drug-likeness (QED) is 0.746. The molecule has 2 aromatic heterocycles. The summed E-state index contributed by atoms with van der Waals surface area (Å²) >= 11 is 5.13. The lowest BCUT2D eigenvalue weighted by atomic mass is 10.3. The second-order valence-corrected chi connectivity index (χ2v) is 4.77. The van der Waals surface area contributed by atoms with E-state index >= 15 is 0 Å². The molecule has 0 spiro atoms. The lowest BCUT2D eigenvalue weighted by Crippen LogP contribution is -2.16. The van der Waals surface area contributed by atoms with Crippen LogP contribution in [0.15, 0.2) is 29.3 Å². The SMILES string of the molecule is Nc1nc(Br)n(I)c1C(=O)Nc1cccnc1. The highest BCUT2D eigenvalue weighted by atomic mass is 127. The van der Waals surface area contributed by atoms with Crippen molar-refractivity contribution in [2.75, 3.05) is 11.1 Å². The Morgan fingerprint density at radius 2 is 2.35 bits per heavy atom. The average molecular weight is 408 g/mol. The Labute approximate surface area is 119 Å². The minimum atomic E-state index is -0.330. The number of hydrogen-bond acceptors (Lipinski definition) is 4. The van der Waals surface area contributed by atoms with Gasteiger partial charge in [-0.2, -0.15) is 0 Å². The molecule has 2 heterocycles. The summed E-state index contributed by atoms with van der Waals surface area (Å²) in [7, 11) is 0. The number of imidazole rings is 1. The molecule has 0 bridgehead atoms. The highest BCUT2D eigenvalue weighted by Gasteiger charge is 2.19. The van der Waals surface area contributed by atoms with E-state index in [0.29, 0.717) is 16.1 Å². The van der Waals surface area contributed by atoms with Gasteiger partial charge in [0.25, 0.3) is 5.91 Å². The first-order valence-electron chi connectivity index (χ1n) is 4.51. The zero-order valence-electron chi connectivity index (χ0n) is 8.39. The van der Waals surface area contributed by atoms with Crippen molar-refractivity contribution in [3.63, 3.8) is 0 Å². The Bertz CT molecular complexity index is 556. The maximum absolute atomic E-state index is 12.0. The Morgan fingerprint density at radius 3 is 2.88 bits per heavy atom. The molecule has 0 atom stereocenters. The van der Waals surface area contributed by atoms with E-state index in [9.17, 15) is 4.79 Å². The fourth-order valence-electron chi connectivity index (χ4n) is 1.22. The molecule has 6 nitrogen and oxygen atoms in total. The van der Waals surface area contributed by atoms with Crippen LogP contribution < -0.4 is 11.1 Å². The van der Waals surface area contributed by atoms with Crippen LogP contribution in [0.5, 0.6) is 0 Å². The molecule has 0 saturated carbocycles. The fraction of sp³-hybridized carbons (Fsp3) is 0. The number of halogens is 2. The lowest BCUT2D eigenvalue weighted by Gasteiger charge is -2.04. The van der Waals surface area contributed by atoms with Crippen molar-refractivity contribution in [3.05, 3.63) is 35.0 Å². The summed E-state index contributed by atoms with van der Waals surface area (Å²) in [6, 6.07) is 3.47. The first-order valence-corrected chi connectivity index (χ1v) is 6.26. The maximum Gasteiger partial charge on any atom is 0.276 e. The highest BCUT2D eigenvalue weighted by molar-refractivity contribution is 14.1. The van der Waals surface area contributed by atoms with E-state index in [4.69, 9.17) is 5.73 Å². The molecule has 0 fully saturated rings. The second kappa shape index (κ2) is 5.00. The van der Waals surface area contributed by atoms with Gasteiger partial charge in [-0.3, -0.25) is 12.6 Å². The van der Waals surface area contributed by atoms with Gasteiger partial charge in [0.15, 0.2) is 16.2 Å². The van der Waals surface area contributed by atoms with Gasteiger partial charge in [-0.25, -0.2) is 4.98 Å². The van der Waals surface area contributed by atoms with Gasteiger partial charge in [0, 0.05) is 6.20 Å². The molecule has 3 N–H and O–H groups in total. The third-order valence-electron chi connectivity index (χ3n) is 1.95. The van der Waals surface area contributed by atoms with Crippen molar-refractivity contribution >= 4 is 56.2 Å². The average Bonchev–Trinajstić information content (AvgIpc) is 2.54. The van der Waals surface area contributed by atoms with Crippen molar-refractivity contribution in [2.45, 2.75) is 0 Å². The molecule has 0 aliphatic carbocycles. The summed E-state index contributed by atoms with van der Waals surface area (Å²) < 4.78 is 2.03. The van der Waals surface area contributed by atoms with E-state index in [-0.39, 0.29) is 11.7 Å². The zero-order valence-corrected chi connectivity index (χ0v) is 12.1. The first kappa shape index (κ1) is 12.3. The topological polar surface area (TPSA) is 85.8 Å². The molecule has 0 unspecified atom stereocenters. The van der Waals surface area contributed by atoms with E-state index in [2.05, 4.69) is 31.2 Å². The summed E-state index contributed by atoms with van der Waals surface area (Å²) in [5, 5.41) is 2.69. The monoisotopic (exact) mass is 407 g/mol. The number of aromatic nitrogens is 3. The van der Waals surface area contributed by atoms with Crippen molar-refractivity contribution < 1.29 is 4.79 Å². The van der Waals surface area contributed by atoms with Crippen LogP contribution in [0.1, 0.15) is 10.5 Å². The largest absolute Gasteiger partial charge is 0.382 e. The molecule has 0 saturated heterocycles. The highest BCUT2D eigenvalue weighted by Crippen LogP contribution is 2.22. The number of carbonyl (C=O) groups excluding carboxylic acids is 1. The summed E-state index contributed by atoms with van der Waals surface area (Å²) in [5.74, 6) is -0.157. The van der Waals surface area contributed by atoms with E-state index in [0.717, 1.165) is 0 Å². The lowest BCUT2D eigenvalue weighted by molar-refractivity contribution is 0.102. The predicted octanol–water partition coefficient (Wildman–Crippen LogP) is 2.07. The van der Waals surface area contributed by atoms with E-state index in [1.807, 2.05) is 22.9 Å². The summed E-state index contributed by atoms with van der Waals surface area (Å²) in [4.78, 5) is 19.8. The zero-order chi connectivity index (χ0) is 12.4. The van der Waals surface area contributed by atoms with Gasteiger partial charge in [-0.1, -0.05) is 0 Å². The van der Waals surface area contributed by atoms with Crippen LogP contribution >= 0.6 is 38.8 Å². The molecule has 88 valence electrons. The third-order valence-corrected chi connectivity index (χ3v) is 4.08. The van der Waals surface area contributed by atoms with Gasteiger partial charge in [0.05, 0.1) is 34.7 Å². The normalized spacial score (nSPS) is 10.2. The van der Waals surface area contributed by atoms with Crippen LogP contribution in [0.3, 0.4) is 0 Å². The van der Waals surface area contributed by atoms with Gasteiger partial charge >= 0.3 is 0 Å². The molecule has 0 aliphatic heterocycles. The van der Waals surface area contributed by atoms with Crippen molar-refractivity contribution in [1.82, 2.24) is 12.7 Å². The molecule has 1 amide bonds. The van der Waals surface area contributed by atoms with Crippen LogP contribution in [0, 0.1) is 0 Å². The van der Waals surface area contributed by atoms with Crippen LogP contribution in [0.25, 0.3) is 0 Å². The van der Waals surface area contributed by atoms with Crippen LogP contribution in [-0.2, 0) is 0 Å². The molecule has 8 heteroatoms. The summed E-state index contributed by atoms with van der Waals surface area (Å²) in [5.41, 5.74) is 6.55. The molecule has 0 aromatic carbocycles. The van der Waals surface area contributed by atoms with Crippen LogP contribution in [-0.4, -0.2) is 18.7 Å². The predicted molar refractivity (Wildman–Crippen MR) is 75.9 cm³/mol. The van der Waals surface area contributed by atoms with E-state index < -0.39 is 0 Å². The number of amides is 1. The molecule has 2 aromatic rings. The van der Waals surface area contributed by atoms with E-state index in [1.54, 1.807) is 27.3 Å². The minimum absolute atomic E-state index is 0.174. The Balaban J connectivity index is 2.27. The third kappa shape index (κ3) is 2.57. The number of nitrogens with zero attached hydrogens (tertiary/aromatic N) is 3. The van der Waals surface area contributed by atoms with Crippen molar-refractivity contribution in [3.8, 4) is 0 Å². The Hall–Kier alpha value is -1.16. The van der Waals surface area contributed by atoms with Gasteiger partial charge in [-0.05, 0) is 28.1 Å². The fourth-order valence-corrected chi connectivity index (χ4v) is 2.16. The number of nitrogens with one attached hydrogen (secondary N) is 1. The summed E-state index contributed by atoms with van der Waals surface area (Å²) in [6.07, 6.45) is 3.18. The molecule has 17 heavy (non-hydrogen) atoms. The van der Waals surface area contributed by atoms with E-state index in [1.165, 1.54) is 0 Å². The number of carbonyl (C=O) groups is 1. The van der Waals surface area contributed by atoms with Gasteiger partial charge in [0.2, 0.25) is 0 Å². The number of hydrogen-bond donors (Lipinski definition) is 2. The van der Waals surface area contributed by atoms with Crippen molar-refractivity contribution in [1.29, 1.82) is 0 Å². The van der Waals surface area contributed by atoms with Gasteiger partial charge < -0.3 is 11.1 Å². The standard InChI is InChI=1S/C9H7BrIN5O/c10-9-15-7(12)6(16(9)11)8(17)14-5-2-1-3-13-4-5/h1-4H,12H2,(H,14,17). The van der Waals surface area contributed by atoms with Crippen LogP contribution in [0.2, 0.25) is 0 Å². The molecular weight excluding hydrogens is 401 g/mol. The molecule has 2 rings (SSSR count). The Morgan fingerprint density at radius 1 is 1.59 bits per heavy atom.